The Labute approximate surface area is 282 Å². The summed E-state index contributed by atoms with van der Waals surface area (Å²) in [5, 5.41) is 24.1. The molecule has 5 N–H and O–H groups in total. The van der Waals surface area contributed by atoms with Crippen molar-refractivity contribution in [3.63, 3.8) is 0 Å². The molecule has 264 valence electrons. The number of allylic oxidation sites excluding steroid dienone is 1. The van der Waals surface area contributed by atoms with Gasteiger partial charge in [-0.25, -0.2) is 0 Å². The van der Waals surface area contributed by atoms with E-state index in [1.807, 2.05) is 0 Å². The van der Waals surface area contributed by atoms with Crippen LogP contribution in [0.3, 0.4) is 0 Å². The van der Waals surface area contributed by atoms with E-state index in [1.54, 1.807) is 4.80 Å². The number of hydrogen-bond acceptors (Lipinski definition) is 8. The first-order valence-corrected chi connectivity index (χ1v) is 18.2. The number of nitrogens with two attached hydrogens (primary N) is 2. The van der Waals surface area contributed by atoms with E-state index in [0.717, 1.165) is 38.5 Å². The Hall–Kier alpha value is -2.04. The van der Waals surface area contributed by atoms with Crippen LogP contribution in [0.2, 0.25) is 0 Å². The van der Waals surface area contributed by atoms with E-state index in [1.165, 1.54) is 5.57 Å². The van der Waals surface area contributed by atoms with Gasteiger partial charge in [0.25, 0.3) is 5.95 Å². The molecule has 0 aromatic carbocycles. The van der Waals surface area contributed by atoms with Gasteiger partial charge in [0.15, 0.2) is 0 Å². The maximum Gasteiger partial charge on any atom is 0.307 e. The predicted octanol–water partition coefficient (Wildman–Crippen LogP) is 6.14. The van der Waals surface area contributed by atoms with Gasteiger partial charge in [-0.2, -0.15) is 4.80 Å². The van der Waals surface area contributed by atoms with E-state index in [0.29, 0.717) is 37.6 Å². The quantitative estimate of drug-likeness (QED) is 0.281. The Morgan fingerprint density at radius 2 is 1.83 bits per heavy atom. The highest BCUT2D eigenvalue weighted by Gasteiger charge is 2.72. The molecule has 4 aliphatic carbocycles. The summed E-state index contributed by atoms with van der Waals surface area (Å²) < 4.78 is 13.6. The van der Waals surface area contributed by atoms with Crippen LogP contribution in [0.4, 0.5) is 5.95 Å². The third-order valence-corrected chi connectivity index (χ3v) is 15.7. The largest absolute Gasteiger partial charge is 0.481 e. The first-order valence-electron chi connectivity index (χ1n) is 18.2. The number of carboxylic acid groups (broad SMARTS) is 1. The number of hydrogen-bond donors (Lipinski definition) is 3. The summed E-state index contributed by atoms with van der Waals surface area (Å²) >= 11 is 0. The molecule has 10 nitrogen and oxygen atoms in total. The van der Waals surface area contributed by atoms with Crippen LogP contribution in [0.25, 0.3) is 0 Å². The van der Waals surface area contributed by atoms with Crippen LogP contribution < -0.4 is 11.5 Å². The fourth-order valence-corrected chi connectivity index (χ4v) is 11.9. The number of nitrogens with zero attached hydrogens (tertiary/aromatic N) is 4. The molecule has 0 amide bonds. The summed E-state index contributed by atoms with van der Waals surface area (Å²) in [6, 6.07) is -0.193. The normalized spacial score (nSPS) is 45.0. The van der Waals surface area contributed by atoms with Crippen molar-refractivity contribution in [2.45, 2.75) is 125 Å². The second-order valence-electron chi connectivity index (χ2n) is 18.5. The van der Waals surface area contributed by atoms with Crippen molar-refractivity contribution < 1.29 is 19.4 Å². The topological polar surface area (TPSA) is 151 Å². The van der Waals surface area contributed by atoms with Crippen molar-refractivity contribution >= 4 is 11.9 Å². The number of carboxylic acids is 1. The maximum atomic E-state index is 13.4. The molecular weight excluding hydrogens is 592 g/mol. The first kappa shape index (κ1) is 34.8. The third kappa shape index (κ3) is 4.80. The molecule has 5 aliphatic rings. The van der Waals surface area contributed by atoms with Gasteiger partial charge >= 0.3 is 5.97 Å². The van der Waals surface area contributed by atoms with Crippen LogP contribution in [0.5, 0.6) is 0 Å². The highest BCUT2D eigenvalue weighted by atomic mass is 16.5. The van der Waals surface area contributed by atoms with Gasteiger partial charge in [-0.1, -0.05) is 79.1 Å². The Morgan fingerprint density at radius 3 is 2.43 bits per heavy atom. The van der Waals surface area contributed by atoms with E-state index < -0.39 is 17.4 Å². The highest BCUT2D eigenvalue weighted by Crippen LogP contribution is 2.75. The average Bonchev–Trinajstić information content (AvgIpc) is 3.42. The summed E-state index contributed by atoms with van der Waals surface area (Å²) in [6.07, 6.45) is 7.83. The lowest BCUT2D eigenvalue weighted by atomic mass is 9.34. The van der Waals surface area contributed by atoms with Crippen molar-refractivity contribution in [2.75, 3.05) is 25.6 Å². The van der Waals surface area contributed by atoms with Crippen molar-refractivity contribution in [2.24, 2.45) is 68.3 Å². The minimum Gasteiger partial charge on any atom is -0.481 e. The van der Waals surface area contributed by atoms with Crippen LogP contribution in [0.15, 0.2) is 11.6 Å². The molecule has 1 aromatic rings. The monoisotopic (exact) mass is 654 g/mol. The Bertz CT molecular complexity index is 1410. The summed E-state index contributed by atoms with van der Waals surface area (Å²) in [5.41, 5.74) is 12.5. The van der Waals surface area contributed by atoms with Crippen LogP contribution in [-0.2, 0) is 14.3 Å². The number of rotatable bonds is 8. The Balaban J connectivity index is 1.44. The molecular formula is C37H62N6O4. The molecule has 12 atom stereocenters. The number of aromatic nitrogens is 4. The number of aliphatic carboxylic acids is 1. The molecule has 47 heavy (non-hydrogen) atoms. The number of fused-ring (bicyclic) bond motifs is 3. The SMILES string of the molecule is CC(C)[C@@H](C)[C@@]1(C)CC[C@]2(C)[C@H]3CC[C@@H]4[C@@]5(COC[C@@]4(C)[C@@H](OC[C@@](C)(N)C(C)C)[C@H](n4nnc(N)n4)C5)C3=CC[C@@]2(C)[C@@H]1C(=O)O. The van der Waals surface area contributed by atoms with Crippen LogP contribution in [0.1, 0.15) is 114 Å². The van der Waals surface area contributed by atoms with Crippen molar-refractivity contribution in [1.29, 1.82) is 0 Å². The molecule has 3 saturated carbocycles. The van der Waals surface area contributed by atoms with Gasteiger partial charge in [0.1, 0.15) is 6.04 Å². The number of anilines is 1. The lowest BCUT2D eigenvalue weighted by molar-refractivity contribution is -0.253. The molecule has 1 aliphatic heterocycles. The molecule has 4 fully saturated rings. The lowest BCUT2D eigenvalue weighted by Crippen LogP contribution is -2.69. The second-order valence-corrected chi connectivity index (χ2v) is 18.5. The smallest absolute Gasteiger partial charge is 0.307 e. The molecule has 10 heteroatoms. The van der Waals surface area contributed by atoms with Gasteiger partial charge in [-0.3, -0.25) is 4.79 Å². The third-order valence-electron chi connectivity index (χ3n) is 15.7. The molecule has 2 heterocycles. The fourth-order valence-electron chi connectivity index (χ4n) is 11.9. The van der Waals surface area contributed by atoms with Crippen LogP contribution in [-0.4, -0.2) is 62.7 Å². The summed E-state index contributed by atoms with van der Waals surface area (Å²) in [6.45, 7) is 24.1. The minimum absolute atomic E-state index is 0.151. The predicted molar refractivity (Wildman–Crippen MR) is 182 cm³/mol. The van der Waals surface area contributed by atoms with E-state index in [2.05, 4.69) is 90.7 Å². The van der Waals surface area contributed by atoms with Gasteiger partial charge in [-0.15, -0.1) is 5.10 Å². The van der Waals surface area contributed by atoms with E-state index >= 15 is 0 Å². The zero-order valence-electron chi connectivity index (χ0n) is 30.7. The van der Waals surface area contributed by atoms with Gasteiger partial charge < -0.3 is 26.0 Å². The minimum atomic E-state index is -0.633. The summed E-state index contributed by atoms with van der Waals surface area (Å²) in [5.74, 6) is 0.697. The van der Waals surface area contributed by atoms with Gasteiger partial charge in [0.05, 0.1) is 31.8 Å². The van der Waals surface area contributed by atoms with Gasteiger partial charge in [0, 0.05) is 16.4 Å². The van der Waals surface area contributed by atoms with Crippen LogP contribution >= 0.6 is 0 Å². The number of ether oxygens (including phenoxy) is 2. The number of tetrazole rings is 1. The lowest BCUT2D eigenvalue weighted by Gasteiger charge is -2.71. The van der Waals surface area contributed by atoms with E-state index in [9.17, 15) is 9.90 Å². The molecule has 2 bridgehead atoms. The first-order chi connectivity index (χ1) is 21.8. The zero-order valence-corrected chi connectivity index (χ0v) is 30.7. The fraction of sp³-hybridized carbons (Fsp3) is 0.892. The maximum absolute atomic E-state index is 13.4. The van der Waals surface area contributed by atoms with E-state index in [-0.39, 0.29) is 57.0 Å². The second kappa shape index (κ2) is 11.2. The molecule has 1 aromatic heterocycles. The molecule has 6 rings (SSSR count). The molecule has 0 unspecified atom stereocenters. The summed E-state index contributed by atoms with van der Waals surface area (Å²) in [4.78, 5) is 15.1. The Morgan fingerprint density at radius 1 is 1.13 bits per heavy atom. The standard InChI is InChI=1S/C37H62N6O4/c1-21(2)23(5)32(6)15-16-34(8)24-11-12-27-33(7)18-46-20-37(27,25(24)13-14-35(34,9)28(32)30(44)45)17-26(43-41-31(38)40-42-43)29(33)47-19-36(10,39)22(3)4/h13,21-24,26-29H,11-12,14-20,39H2,1-10H3,(H2,38,41)(H,44,45)/t23-,24+,26-,27+,28-,29+,32-,33-,34-,35+,36-,37+/m1/s1. The van der Waals surface area contributed by atoms with Crippen molar-refractivity contribution in [3.05, 3.63) is 11.6 Å². The highest BCUT2D eigenvalue weighted by molar-refractivity contribution is 5.73. The molecule has 1 saturated heterocycles. The average molecular weight is 655 g/mol. The van der Waals surface area contributed by atoms with Crippen molar-refractivity contribution in [3.8, 4) is 0 Å². The Kier molecular flexibility index (Phi) is 8.32. The molecule has 0 radical (unpaired) electrons. The van der Waals surface area contributed by atoms with Gasteiger partial charge in [0.2, 0.25) is 0 Å². The molecule has 0 spiro atoms. The van der Waals surface area contributed by atoms with Gasteiger partial charge in [-0.05, 0) is 96.5 Å². The zero-order chi connectivity index (χ0) is 34.5. The summed E-state index contributed by atoms with van der Waals surface area (Å²) in [7, 11) is 0. The van der Waals surface area contributed by atoms with E-state index in [4.69, 9.17) is 20.9 Å². The number of nitrogen functional groups attached to an aromatic ring is 1. The van der Waals surface area contributed by atoms with Crippen LogP contribution in [0, 0.1) is 62.6 Å². The van der Waals surface area contributed by atoms with Crippen molar-refractivity contribution in [1.82, 2.24) is 20.2 Å². The number of carbonyl (C=O) groups is 1.